The molecule has 1 fully saturated rings. The van der Waals surface area contributed by atoms with Crippen molar-refractivity contribution in [3.8, 4) is 0 Å². The largest absolute Gasteiger partial charge is 0.364 e. The molecule has 2 aromatic heterocycles. The Morgan fingerprint density at radius 1 is 1.17 bits per heavy atom. The van der Waals surface area contributed by atoms with Crippen molar-refractivity contribution in [2.24, 2.45) is 0 Å². The van der Waals surface area contributed by atoms with Crippen LogP contribution in [0.25, 0.3) is 10.8 Å². The summed E-state index contributed by atoms with van der Waals surface area (Å²) < 4.78 is 2.12. The van der Waals surface area contributed by atoms with Gasteiger partial charge in [-0.15, -0.1) is 0 Å². The first kappa shape index (κ1) is 14.5. The van der Waals surface area contributed by atoms with E-state index in [1.165, 1.54) is 25.7 Å². The molecule has 0 unspecified atom stereocenters. The molecule has 0 bridgehead atoms. The molecule has 0 amide bonds. The summed E-state index contributed by atoms with van der Waals surface area (Å²) in [4.78, 5) is 4.42. The number of halogens is 1. The summed E-state index contributed by atoms with van der Waals surface area (Å²) in [6, 6.07) is 12.7. The smallest absolute Gasteiger partial charge is 0.139 e. The molecule has 1 aliphatic rings. The van der Waals surface area contributed by atoms with Gasteiger partial charge in [-0.25, -0.2) is 4.98 Å². The Balaban J connectivity index is 1.48. The standard InChI is InChI=1S/C18H19ClN4/c19-18-16-8-4-1-5-13(16)11-17(21-18)20-12-14-9-10-23(22-14)15-6-2-3-7-15/h1,4-5,8-11,15H,2-3,6-7,12H2,(H,20,21). The van der Waals surface area contributed by atoms with Gasteiger partial charge in [0.15, 0.2) is 0 Å². The maximum atomic E-state index is 6.26. The molecule has 0 saturated heterocycles. The van der Waals surface area contributed by atoms with Gasteiger partial charge in [0.1, 0.15) is 11.0 Å². The number of rotatable bonds is 4. The van der Waals surface area contributed by atoms with Crippen LogP contribution in [0.2, 0.25) is 5.15 Å². The fourth-order valence-electron chi connectivity index (χ4n) is 3.27. The van der Waals surface area contributed by atoms with Gasteiger partial charge in [-0.1, -0.05) is 48.7 Å². The molecule has 23 heavy (non-hydrogen) atoms. The Morgan fingerprint density at radius 2 is 2.00 bits per heavy atom. The first-order valence-corrected chi connectivity index (χ1v) is 8.50. The molecule has 4 rings (SSSR count). The number of anilines is 1. The van der Waals surface area contributed by atoms with Crippen LogP contribution in [-0.2, 0) is 6.54 Å². The SMILES string of the molecule is Clc1nc(NCc2ccn(C3CCCC3)n2)cc2ccccc12. The number of nitrogens with zero attached hydrogens (tertiary/aromatic N) is 3. The van der Waals surface area contributed by atoms with Crippen molar-refractivity contribution in [2.45, 2.75) is 38.3 Å². The van der Waals surface area contributed by atoms with Gasteiger partial charge in [0.05, 0.1) is 18.3 Å². The molecular formula is C18H19ClN4. The molecule has 0 atom stereocenters. The van der Waals surface area contributed by atoms with E-state index in [2.05, 4.69) is 32.3 Å². The molecule has 3 aromatic rings. The maximum Gasteiger partial charge on any atom is 0.139 e. The van der Waals surface area contributed by atoms with Crippen LogP contribution in [0.1, 0.15) is 37.4 Å². The minimum absolute atomic E-state index is 0.530. The van der Waals surface area contributed by atoms with Crippen molar-refractivity contribution < 1.29 is 0 Å². The lowest BCUT2D eigenvalue weighted by atomic mass is 10.2. The number of pyridine rings is 1. The van der Waals surface area contributed by atoms with Crippen LogP contribution in [0, 0.1) is 0 Å². The zero-order valence-corrected chi connectivity index (χ0v) is 13.6. The Bertz CT molecular complexity index is 821. The summed E-state index contributed by atoms with van der Waals surface area (Å²) in [6.45, 7) is 0.654. The molecule has 1 saturated carbocycles. The zero-order valence-electron chi connectivity index (χ0n) is 12.9. The first-order chi connectivity index (χ1) is 11.3. The molecule has 1 aromatic carbocycles. The summed E-state index contributed by atoms with van der Waals surface area (Å²) in [5.74, 6) is 0.782. The van der Waals surface area contributed by atoms with Crippen LogP contribution < -0.4 is 5.32 Å². The Kier molecular flexibility index (Phi) is 3.92. The molecule has 4 nitrogen and oxygen atoms in total. The van der Waals surface area contributed by atoms with E-state index < -0.39 is 0 Å². The molecule has 118 valence electrons. The normalized spacial score (nSPS) is 15.3. The molecule has 2 heterocycles. The Labute approximate surface area is 140 Å². The summed E-state index contributed by atoms with van der Waals surface area (Å²) in [5, 5.41) is 10.6. The van der Waals surface area contributed by atoms with E-state index in [0.717, 1.165) is 22.3 Å². The van der Waals surface area contributed by atoms with E-state index >= 15 is 0 Å². The highest BCUT2D eigenvalue weighted by molar-refractivity contribution is 6.34. The number of fused-ring (bicyclic) bond motifs is 1. The number of hydrogen-bond acceptors (Lipinski definition) is 3. The second-order valence-electron chi connectivity index (χ2n) is 6.10. The quantitative estimate of drug-likeness (QED) is 0.699. The zero-order chi connectivity index (χ0) is 15.6. The molecule has 5 heteroatoms. The summed E-state index contributed by atoms with van der Waals surface area (Å²) in [5.41, 5.74) is 1.03. The summed E-state index contributed by atoms with van der Waals surface area (Å²) >= 11 is 6.26. The number of nitrogens with one attached hydrogen (secondary N) is 1. The number of hydrogen-bond donors (Lipinski definition) is 1. The Morgan fingerprint density at radius 3 is 2.87 bits per heavy atom. The Hall–Kier alpha value is -2.07. The molecule has 0 aliphatic heterocycles. The van der Waals surface area contributed by atoms with E-state index in [0.29, 0.717) is 17.7 Å². The van der Waals surface area contributed by atoms with Crippen LogP contribution in [0.15, 0.2) is 42.6 Å². The van der Waals surface area contributed by atoms with Gasteiger partial charge in [0, 0.05) is 11.6 Å². The van der Waals surface area contributed by atoms with Crippen molar-refractivity contribution in [3.63, 3.8) is 0 Å². The molecule has 0 radical (unpaired) electrons. The predicted octanol–water partition coefficient (Wildman–Crippen LogP) is 4.81. The third-order valence-corrected chi connectivity index (χ3v) is 4.79. The van der Waals surface area contributed by atoms with Gasteiger partial charge in [-0.05, 0) is 30.4 Å². The second-order valence-corrected chi connectivity index (χ2v) is 6.46. The van der Waals surface area contributed by atoms with E-state index in [4.69, 9.17) is 11.6 Å². The van der Waals surface area contributed by atoms with Gasteiger partial charge in [-0.2, -0.15) is 5.10 Å². The van der Waals surface area contributed by atoms with Crippen LogP contribution in [0.4, 0.5) is 5.82 Å². The minimum Gasteiger partial charge on any atom is -0.364 e. The van der Waals surface area contributed by atoms with Crippen molar-refractivity contribution in [1.29, 1.82) is 0 Å². The molecular weight excluding hydrogens is 308 g/mol. The van der Waals surface area contributed by atoms with Crippen molar-refractivity contribution in [2.75, 3.05) is 5.32 Å². The number of aromatic nitrogens is 3. The van der Waals surface area contributed by atoms with E-state index in [-0.39, 0.29) is 0 Å². The van der Waals surface area contributed by atoms with Gasteiger partial charge in [-0.3, -0.25) is 4.68 Å². The second kappa shape index (κ2) is 6.20. The molecule has 1 aliphatic carbocycles. The van der Waals surface area contributed by atoms with Crippen molar-refractivity contribution in [3.05, 3.63) is 53.4 Å². The van der Waals surface area contributed by atoms with Gasteiger partial charge in [0.25, 0.3) is 0 Å². The first-order valence-electron chi connectivity index (χ1n) is 8.13. The number of benzene rings is 1. The van der Waals surface area contributed by atoms with Crippen LogP contribution in [0.5, 0.6) is 0 Å². The molecule has 0 spiro atoms. The van der Waals surface area contributed by atoms with Crippen LogP contribution in [0.3, 0.4) is 0 Å². The van der Waals surface area contributed by atoms with E-state index in [1.54, 1.807) is 0 Å². The minimum atomic E-state index is 0.530. The van der Waals surface area contributed by atoms with Gasteiger partial charge < -0.3 is 5.32 Å². The lowest BCUT2D eigenvalue weighted by molar-refractivity contribution is 0.463. The maximum absolute atomic E-state index is 6.26. The van der Waals surface area contributed by atoms with Gasteiger partial charge >= 0.3 is 0 Å². The van der Waals surface area contributed by atoms with E-state index in [1.807, 2.05) is 30.3 Å². The lowest BCUT2D eigenvalue weighted by Gasteiger charge is -2.09. The monoisotopic (exact) mass is 326 g/mol. The van der Waals surface area contributed by atoms with E-state index in [9.17, 15) is 0 Å². The highest BCUT2D eigenvalue weighted by Gasteiger charge is 2.17. The highest BCUT2D eigenvalue weighted by Crippen LogP contribution is 2.29. The van der Waals surface area contributed by atoms with Gasteiger partial charge in [0.2, 0.25) is 0 Å². The fraction of sp³-hybridized carbons (Fsp3) is 0.333. The lowest BCUT2D eigenvalue weighted by Crippen LogP contribution is -2.07. The van der Waals surface area contributed by atoms with Crippen LogP contribution in [-0.4, -0.2) is 14.8 Å². The summed E-state index contributed by atoms with van der Waals surface area (Å²) in [7, 11) is 0. The predicted molar refractivity (Wildman–Crippen MR) is 93.8 cm³/mol. The highest BCUT2D eigenvalue weighted by atomic mass is 35.5. The van der Waals surface area contributed by atoms with Crippen molar-refractivity contribution >= 4 is 28.2 Å². The third-order valence-electron chi connectivity index (χ3n) is 4.51. The van der Waals surface area contributed by atoms with Crippen LogP contribution >= 0.6 is 11.6 Å². The average molecular weight is 327 g/mol. The topological polar surface area (TPSA) is 42.7 Å². The average Bonchev–Trinajstić information content (AvgIpc) is 3.24. The van der Waals surface area contributed by atoms with Crippen molar-refractivity contribution in [1.82, 2.24) is 14.8 Å². The third kappa shape index (κ3) is 3.04. The fourth-order valence-corrected chi connectivity index (χ4v) is 3.53. The summed E-state index contributed by atoms with van der Waals surface area (Å²) in [6.07, 6.45) is 7.22. The molecule has 1 N–H and O–H groups in total.